The number of allylic oxidation sites excluding steroid dienone is 7. The molecule has 1 atom stereocenters. The number of aliphatic hydroxyl groups excluding tert-OH is 2. The molecule has 5 N–H and O–H groups in total. The zero-order valence-corrected chi connectivity index (χ0v) is 21.7. The number of hydrogen-bond donors (Lipinski definition) is 5. The highest BCUT2D eigenvalue weighted by molar-refractivity contribution is 6.23. The second-order valence-corrected chi connectivity index (χ2v) is 9.85. The summed E-state index contributed by atoms with van der Waals surface area (Å²) in [4.78, 5) is 37.8. The second kappa shape index (κ2) is 10.4. The van der Waals surface area contributed by atoms with Crippen LogP contribution in [0.4, 0.5) is 0 Å². The van der Waals surface area contributed by atoms with Crippen molar-refractivity contribution in [2.75, 3.05) is 0 Å². The first-order valence-electron chi connectivity index (χ1n) is 11.5. The van der Waals surface area contributed by atoms with Crippen molar-refractivity contribution in [3.63, 3.8) is 0 Å². The van der Waals surface area contributed by atoms with Gasteiger partial charge in [-0.2, -0.15) is 0 Å². The highest BCUT2D eigenvalue weighted by atomic mass is 16.3. The highest BCUT2D eigenvalue weighted by Crippen LogP contribution is 2.47. The molecule has 194 valence electrons. The number of hydrogen-bond acceptors (Lipinski definition) is 8. The summed E-state index contributed by atoms with van der Waals surface area (Å²) in [5.41, 5.74) is -1.28. The van der Waals surface area contributed by atoms with E-state index in [-0.39, 0.29) is 29.5 Å². The lowest BCUT2D eigenvalue weighted by Crippen LogP contribution is -2.38. The van der Waals surface area contributed by atoms with E-state index in [0.717, 1.165) is 25.0 Å². The lowest BCUT2D eigenvalue weighted by Gasteiger charge is -2.33. The van der Waals surface area contributed by atoms with Crippen LogP contribution in [-0.2, 0) is 22.4 Å². The Kier molecular flexibility index (Phi) is 8.24. The molecule has 8 nitrogen and oxygen atoms in total. The molecule has 2 rings (SSSR count). The minimum absolute atomic E-state index is 0.0243. The van der Waals surface area contributed by atoms with Gasteiger partial charge in [0.2, 0.25) is 0 Å². The van der Waals surface area contributed by atoms with Crippen LogP contribution in [0.25, 0.3) is 0 Å². The number of aliphatic hydroxyl groups is 2. The Morgan fingerprint density at radius 3 is 1.78 bits per heavy atom. The Bertz CT molecular complexity index is 1260. The van der Waals surface area contributed by atoms with E-state index < -0.39 is 69.1 Å². The summed E-state index contributed by atoms with van der Waals surface area (Å²) in [6, 6.07) is 0. The minimum Gasteiger partial charge on any atom is -0.511 e. The number of benzene rings is 1. The molecule has 8 heteroatoms. The minimum atomic E-state index is -1.59. The molecular weight excluding hydrogens is 464 g/mol. The normalized spacial score (nSPS) is 17.8. The van der Waals surface area contributed by atoms with Crippen molar-refractivity contribution < 1.29 is 39.9 Å². The summed E-state index contributed by atoms with van der Waals surface area (Å²) in [6.45, 7) is 10.9. The van der Waals surface area contributed by atoms with E-state index in [1.165, 1.54) is 6.92 Å². The number of phenols is 3. The summed E-state index contributed by atoms with van der Waals surface area (Å²) in [5, 5.41) is 54.6. The number of carbonyl (C=O) groups is 3. The van der Waals surface area contributed by atoms with E-state index >= 15 is 0 Å². The van der Waals surface area contributed by atoms with Gasteiger partial charge in [0.15, 0.2) is 17.3 Å². The van der Waals surface area contributed by atoms with Crippen LogP contribution in [-0.4, -0.2) is 42.9 Å². The van der Waals surface area contributed by atoms with Crippen LogP contribution in [0.1, 0.15) is 76.4 Å². The zero-order valence-electron chi connectivity index (χ0n) is 21.7. The fourth-order valence-corrected chi connectivity index (χ4v) is 4.18. The molecule has 1 aliphatic rings. The van der Waals surface area contributed by atoms with E-state index in [4.69, 9.17) is 0 Å². The lowest BCUT2D eigenvalue weighted by molar-refractivity contribution is -0.127. The van der Waals surface area contributed by atoms with Gasteiger partial charge in [-0.15, -0.1) is 0 Å². The van der Waals surface area contributed by atoms with Gasteiger partial charge in [-0.1, -0.05) is 23.3 Å². The molecule has 0 saturated carbocycles. The van der Waals surface area contributed by atoms with Gasteiger partial charge in [0.1, 0.15) is 39.9 Å². The maximum Gasteiger partial charge on any atom is 0.183 e. The van der Waals surface area contributed by atoms with Gasteiger partial charge >= 0.3 is 0 Å². The van der Waals surface area contributed by atoms with Crippen LogP contribution in [0, 0.1) is 5.41 Å². The fourth-order valence-electron chi connectivity index (χ4n) is 4.18. The number of rotatable bonds is 8. The number of Topliss-reactive ketones (excluding diaryl/α,β-unsaturated/α-hetero) is 3. The van der Waals surface area contributed by atoms with Gasteiger partial charge in [0.25, 0.3) is 0 Å². The molecule has 1 aromatic carbocycles. The van der Waals surface area contributed by atoms with Crippen LogP contribution in [0.15, 0.2) is 46.0 Å². The Morgan fingerprint density at radius 1 is 0.778 bits per heavy atom. The molecule has 0 bridgehead atoms. The van der Waals surface area contributed by atoms with Crippen LogP contribution in [0.2, 0.25) is 0 Å². The zero-order chi connectivity index (χ0) is 27.7. The monoisotopic (exact) mass is 498 g/mol. The number of ketones is 3. The summed E-state index contributed by atoms with van der Waals surface area (Å²) in [7, 11) is 0. The first-order valence-corrected chi connectivity index (χ1v) is 11.5. The predicted octanol–water partition coefficient (Wildman–Crippen LogP) is 5.22. The second-order valence-electron chi connectivity index (χ2n) is 9.85. The van der Waals surface area contributed by atoms with Crippen LogP contribution >= 0.6 is 0 Å². The fraction of sp³-hybridized carbons (Fsp3) is 0.393. The number of phenolic OH excluding ortho intramolecular Hbond substituents is 3. The highest BCUT2D eigenvalue weighted by Gasteiger charge is 2.47. The van der Waals surface area contributed by atoms with E-state index in [0.29, 0.717) is 0 Å². The number of aromatic hydroxyl groups is 3. The van der Waals surface area contributed by atoms with Gasteiger partial charge in [-0.25, -0.2) is 0 Å². The smallest absolute Gasteiger partial charge is 0.183 e. The van der Waals surface area contributed by atoms with Gasteiger partial charge < -0.3 is 25.5 Å². The first-order chi connectivity index (χ1) is 16.6. The largest absolute Gasteiger partial charge is 0.511 e. The molecule has 1 unspecified atom stereocenters. The summed E-state index contributed by atoms with van der Waals surface area (Å²) in [6.07, 6.45) is 2.97. The molecule has 0 heterocycles. The SMILES string of the molecule is CC(=O)C1=C(O)C(Cc2c(O)c(CC=C(C)C)c(O)c(C(C)=O)c2O)=C(O)C(C)(CC=C(C)C)C1=O. The van der Waals surface area contributed by atoms with Crippen molar-refractivity contribution >= 4 is 17.3 Å². The number of carbonyl (C=O) groups excluding carboxylic acids is 3. The first kappa shape index (κ1) is 28.4. The van der Waals surface area contributed by atoms with Crippen molar-refractivity contribution in [2.24, 2.45) is 5.41 Å². The summed E-state index contributed by atoms with van der Waals surface area (Å²) >= 11 is 0. The van der Waals surface area contributed by atoms with E-state index in [2.05, 4.69) is 0 Å². The molecule has 0 saturated heterocycles. The third kappa shape index (κ3) is 5.08. The standard InChI is InChI=1S/C28H34O8/c1-13(2)8-9-17-22(31)18(24(33)20(15(5)29)23(17)32)12-19-25(34)21(16(6)30)27(36)28(7,26(19)35)11-10-14(3)4/h8,10,31-35H,9,11-12H2,1-7H3. The van der Waals surface area contributed by atoms with Crippen molar-refractivity contribution in [2.45, 2.75) is 67.7 Å². The average molecular weight is 499 g/mol. The molecule has 0 fully saturated rings. The topological polar surface area (TPSA) is 152 Å². The van der Waals surface area contributed by atoms with Gasteiger partial charge in [0, 0.05) is 23.1 Å². The lowest BCUT2D eigenvalue weighted by atomic mass is 9.70. The molecule has 36 heavy (non-hydrogen) atoms. The molecule has 0 aliphatic heterocycles. The average Bonchev–Trinajstić information content (AvgIpc) is 2.75. The van der Waals surface area contributed by atoms with E-state index in [9.17, 15) is 39.9 Å². The summed E-state index contributed by atoms with van der Waals surface area (Å²) < 4.78 is 0. The van der Waals surface area contributed by atoms with Crippen LogP contribution in [0.3, 0.4) is 0 Å². The van der Waals surface area contributed by atoms with Gasteiger partial charge in [-0.3, -0.25) is 14.4 Å². The quantitative estimate of drug-likeness (QED) is 0.186. The maximum absolute atomic E-state index is 13.2. The third-order valence-corrected chi connectivity index (χ3v) is 6.37. The van der Waals surface area contributed by atoms with Crippen LogP contribution in [0.5, 0.6) is 17.2 Å². The van der Waals surface area contributed by atoms with Crippen LogP contribution < -0.4 is 0 Å². The van der Waals surface area contributed by atoms with Crippen molar-refractivity contribution in [1.29, 1.82) is 0 Å². The predicted molar refractivity (Wildman–Crippen MR) is 135 cm³/mol. The van der Waals surface area contributed by atoms with Gasteiger partial charge in [0.05, 0.1) is 5.41 Å². The third-order valence-electron chi connectivity index (χ3n) is 6.37. The van der Waals surface area contributed by atoms with Crippen molar-refractivity contribution in [3.05, 3.63) is 62.7 Å². The van der Waals surface area contributed by atoms with Crippen molar-refractivity contribution in [1.82, 2.24) is 0 Å². The molecule has 0 radical (unpaired) electrons. The van der Waals surface area contributed by atoms with E-state index in [1.807, 2.05) is 13.8 Å². The molecule has 1 aliphatic carbocycles. The Balaban J connectivity index is 2.89. The van der Waals surface area contributed by atoms with Gasteiger partial charge in [-0.05, 0) is 61.3 Å². The molecular formula is C28H34O8. The Labute approximate surface area is 210 Å². The van der Waals surface area contributed by atoms with Crippen molar-refractivity contribution in [3.8, 4) is 17.2 Å². The maximum atomic E-state index is 13.2. The molecule has 0 amide bonds. The summed E-state index contributed by atoms with van der Waals surface area (Å²) in [5.74, 6) is -5.24. The molecule has 0 spiro atoms. The Hall–Kier alpha value is -3.81. The Morgan fingerprint density at radius 2 is 1.31 bits per heavy atom. The molecule has 0 aromatic heterocycles. The molecule has 1 aromatic rings. The van der Waals surface area contributed by atoms with E-state index in [1.54, 1.807) is 26.0 Å².